The summed E-state index contributed by atoms with van der Waals surface area (Å²) in [4.78, 5) is 3.44. The van der Waals surface area contributed by atoms with E-state index in [0.717, 1.165) is 16.3 Å². The molecule has 0 N–H and O–H groups in total. The second kappa shape index (κ2) is 7.26. The first kappa shape index (κ1) is 16.2. The summed E-state index contributed by atoms with van der Waals surface area (Å²) in [7, 11) is 0. The maximum Gasteiger partial charge on any atom is 0.190 e. The molecule has 0 saturated carbocycles. The van der Waals surface area contributed by atoms with Crippen molar-refractivity contribution in [3.63, 3.8) is 0 Å². The molecule has 0 aliphatic carbocycles. The Morgan fingerprint density at radius 2 is 1.92 bits per heavy atom. The highest BCUT2D eigenvalue weighted by Gasteiger charge is 2.14. The summed E-state index contributed by atoms with van der Waals surface area (Å²) in [5.74, 6) is 0.527. The largest absolute Gasteiger partial charge is 0.468 e. The summed E-state index contributed by atoms with van der Waals surface area (Å²) >= 11 is 6.14. The Hall–Kier alpha value is -2.68. The second-order valence-corrected chi connectivity index (χ2v) is 5.29. The van der Waals surface area contributed by atoms with Crippen molar-refractivity contribution in [3.8, 4) is 17.0 Å². The minimum Gasteiger partial charge on any atom is -0.468 e. The average Bonchev–Trinajstić information content (AvgIpc) is 2.63. The number of nitrogens with zero attached hydrogens (tertiary/aromatic N) is 3. The lowest BCUT2D eigenvalue weighted by molar-refractivity contribution is 0.0228. The van der Waals surface area contributed by atoms with Crippen molar-refractivity contribution in [1.29, 1.82) is 0 Å². The van der Waals surface area contributed by atoms with Crippen LogP contribution in [0.2, 0.25) is 5.15 Å². The first-order valence-electron chi connectivity index (χ1n) is 7.38. The van der Waals surface area contributed by atoms with E-state index in [1.807, 2.05) is 31.2 Å². The molecule has 0 saturated heterocycles. The zero-order valence-corrected chi connectivity index (χ0v) is 13.7. The van der Waals surface area contributed by atoms with Gasteiger partial charge < -0.3 is 9.47 Å². The Morgan fingerprint density at radius 1 is 1.12 bits per heavy atom. The van der Waals surface area contributed by atoms with Crippen molar-refractivity contribution in [2.75, 3.05) is 13.4 Å². The third-order valence-corrected chi connectivity index (χ3v) is 3.77. The number of hydrogen-bond donors (Lipinski definition) is 0. The van der Waals surface area contributed by atoms with Gasteiger partial charge in [0.15, 0.2) is 17.6 Å². The summed E-state index contributed by atoms with van der Waals surface area (Å²) in [6, 6.07) is 12.8. The van der Waals surface area contributed by atoms with Crippen LogP contribution in [0, 0.1) is 6.57 Å². The molecule has 0 atom stereocenters. The van der Waals surface area contributed by atoms with Gasteiger partial charge in [0, 0.05) is 22.9 Å². The lowest BCUT2D eigenvalue weighted by Crippen LogP contribution is -2.03. The fraction of sp³-hybridized carbons (Fsp3) is 0.167. The van der Waals surface area contributed by atoms with Crippen LogP contribution in [0.5, 0.6) is 5.75 Å². The molecule has 0 fully saturated rings. The van der Waals surface area contributed by atoms with E-state index in [9.17, 15) is 0 Å². The molecule has 0 radical (unpaired) electrons. The Labute approximate surface area is 144 Å². The molecule has 24 heavy (non-hydrogen) atoms. The van der Waals surface area contributed by atoms with Gasteiger partial charge in [0.25, 0.3) is 0 Å². The quantitative estimate of drug-likeness (QED) is 0.378. The highest BCUT2D eigenvalue weighted by Crippen LogP contribution is 2.37. The molecular formula is C18H14ClN3O2. The van der Waals surface area contributed by atoms with Crippen molar-refractivity contribution in [2.45, 2.75) is 6.92 Å². The van der Waals surface area contributed by atoms with Crippen LogP contribution in [-0.2, 0) is 4.74 Å². The molecule has 0 aliphatic rings. The SMILES string of the molecule is [C-]#[N+]c1ccc(-c2nnc(Cl)c3ccccc23)c(OCOCC)c1. The van der Waals surface area contributed by atoms with Crippen molar-refractivity contribution in [1.82, 2.24) is 10.2 Å². The Balaban J connectivity index is 2.15. The van der Waals surface area contributed by atoms with Gasteiger partial charge in [-0.3, -0.25) is 0 Å². The molecule has 1 heterocycles. The highest BCUT2D eigenvalue weighted by atomic mass is 35.5. The van der Waals surface area contributed by atoms with Crippen LogP contribution < -0.4 is 4.74 Å². The molecule has 2 aromatic carbocycles. The molecule has 0 amide bonds. The van der Waals surface area contributed by atoms with Gasteiger partial charge in [-0.15, -0.1) is 10.2 Å². The van der Waals surface area contributed by atoms with E-state index in [2.05, 4.69) is 15.0 Å². The minimum absolute atomic E-state index is 0.101. The Kier molecular flexibility index (Phi) is 4.90. The standard InChI is InChI=1S/C18H14ClN3O2/c1-3-23-11-24-16-10-12(20-2)8-9-15(16)17-13-6-4-5-7-14(13)18(19)22-21-17/h4-10H,3,11H2,1H3. The molecule has 5 nitrogen and oxygen atoms in total. The van der Waals surface area contributed by atoms with Crippen molar-refractivity contribution in [2.24, 2.45) is 0 Å². The smallest absolute Gasteiger partial charge is 0.190 e. The van der Waals surface area contributed by atoms with Crippen LogP contribution in [0.3, 0.4) is 0 Å². The maximum atomic E-state index is 7.18. The van der Waals surface area contributed by atoms with E-state index in [4.69, 9.17) is 27.6 Å². The van der Waals surface area contributed by atoms with E-state index in [1.165, 1.54) is 0 Å². The first-order valence-corrected chi connectivity index (χ1v) is 7.75. The number of rotatable bonds is 5. The predicted octanol–water partition coefficient (Wildman–Crippen LogP) is 4.87. The van der Waals surface area contributed by atoms with Gasteiger partial charge >= 0.3 is 0 Å². The zero-order valence-electron chi connectivity index (χ0n) is 13.0. The van der Waals surface area contributed by atoms with Gasteiger partial charge in [-0.05, 0) is 13.0 Å². The van der Waals surface area contributed by atoms with Gasteiger partial charge in [0.2, 0.25) is 0 Å². The van der Waals surface area contributed by atoms with E-state index >= 15 is 0 Å². The van der Waals surface area contributed by atoms with Gasteiger partial charge in [0.05, 0.1) is 6.57 Å². The van der Waals surface area contributed by atoms with Crippen molar-refractivity contribution in [3.05, 3.63) is 59.0 Å². The second-order valence-electron chi connectivity index (χ2n) is 4.93. The van der Waals surface area contributed by atoms with Crippen molar-refractivity contribution < 1.29 is 9.47 Å². The first-order chi connectivity index (χ1) is 11.7. The number of aromatic nitrogens is 2. The predicted molar refractivity (Wildman–Crippen MR) is 93.4 cm³/mol. The summed E-state index contributed by atoms with van der Waals surface area (Å²) in [6.45, 7) is 9.71. The third-order valence-electron chi connectivity index (χ3n) is 3.49. The summed E-state index contributed by atoms with van der Waals surface area (Å²) in [5.41, 5.74) is 1.87. The molecule has 3 rings (SSSR count). The molecule has 3 aromatic rings. The number of ether oxygens (including phenoxy) is 2. The van der Waals surface area contributed by atoms with E-state index in [0.29, 0.717) is 28.9 Å². The van der Waals surface area contributed by atoms with Crippen LogP contribution in [0.15, 0.2) is 42.5 Å². The fourth-order valence-corrected chi connectivity index (χ4v) is 2.56. The lowest BCUT2D eigenvalue weighted by atomic mass is 10.0. The molecule has 0 bridgehead atoms. The van der Waals surface area contributed by atoms with Gasteiger partial charge in [-0.2, -0.15) is 0 Å². The van der Waals surface area contributed by atoms with Crippen molar-refractivity contribution >= 4 is 28.1 Å². The molecule has 0 aliphatic heterocycles. The van der Waals surface area contributed by atoms with Gasteiger partial charge in [0.1, 0.15) is 11.4 Å². The summed E-state index contributed by atoms with van der Waals surface area (Å²) in [5, 5.41) is 10.3. The van der Waals surface area contributed by atoms with E-state index < -0.39 is 0 Å². The van der Waals surface area contributed by atoms with Gasteiger partial charge in [-0.25, -0.2) is 4.85 Å². The van der Waals surface area contributed by atoms with Crippen LogP contribution in [0.25, 0.3) is 26.9 Å². The molecular weight excluding hydrogens is 326 g/mol. The van der Waals surface area contributed by atoms with Crippen LogP contribution in [-0.4, -0.2) is 23.6 Å². The molecule has 6 heteroatoms. The zero-order chi connectivity index (χ0) is 16.9. The Bertz CT molecular complexity index is 922. The maximum absolute atomic E-state index is 7.18. The van der Waals surface area contributed by atoms with Crippen LogP contribution in [0.1, 0.15) is 6.92 Å². The molecule has 120 valence electrons. The fourth-order valence-electron chi connectivity index (χ4n) is 2.35. The molecule has 0 unspecified atom stereocenters. The third kappa shape index (κ3) is 3.16. The van der Waals surface area contributed by atoms with Crippen LogP contribution in [0.4, 0.5) is 5.69 Å². The normalized spacial score (nSPS) is 10.5. The van der Waals surface area contributed by atoms with E-state index in [1.54, 1.807) is 18.2 Å². The van der Waals surface area contributed by atoms with Crippen LogP contribution >= 0.6 is 11.6 Å². The Morgan fingerprint density at radius 3 is 2.67 bits per heavy atom. The number of fused-ring (bicyclic) bond motifs is 1. The minimum atomic E-state index is 0.101. The monoisotopic (exact) mass is 339 g/mol. The summed E-state index contributed by atoms with van der Waals surface area (Å²) < 4.78 is 10.9. The topological polar surface area (TPSA) is 48.6 Å². The highest BCUT2D eigenvalue weighted by molar-refractivity contribution is 6.34. The van der Waals surface area contributed by atoms with Gasteiger partial charge in [-0.1, -0.05) is 48.0 Å². The molecule has 1 aromatic heterocycles. The average molecular weight is 340 g/mol. The number of hydrogen-bond acceptors (Lipinski definition) is 4. The lowest BCUT2D eigenvalue weighted by Gasteiger charge is -2.13. The number of benzene rings is 2. The number of halogens is 1. The summed E-state index contributed by atoms with van der Waals surface area (Å²) in [6.07, 6.45) is 0. The molecule has 0 spiro atoms. The van der Waals surface area contributed by atoms with E-state index in [-0.39, 0.29) is 6.79 Å².